The molecule has 0 saturated carbocycles. The zero-order valence-electron chi connectivity index (χ0n) is 16.3. The molecule has 0 bridgehead atoms. The maximum atomic E-state index is 12.5. The van der Waals surface area contributed by atoms with E-state index in [0.717, 1.165) is 0 Å². The molecule has 2 aromatic heterocycles. The molecule has 1 amide bonds. The van der Waals surface area contributed by atoms with Gasteiger partial charge in [-0.15, -0.1) is 11.3 Å². The van der Waals surface area contributed by atoms with Gasteiger partial charge >= 0.3 is 0 Å². The van der Waals surface area contributed by atoms with E-state index >= 15 is 0 Å². The van der Waals surface area contributed by atoms with Crippen molar-refractivity contribution in [2.45, 2.75) is 11.6 Å². The first-order valence-electron chi connectivity index (χ1n) is 9.15. The van der Waals surface area contributed by atoms with Gasteiger partial charge in [0.15, 0.2) is 17.6 Å². The first-order chi connectivity index (χ1) is 15.4. The van der Waals surface area contributed by atoms with Crippen LogP contribution in [-0.4, -0.2) is 29.1 Å². The fraction of sp³-hybridized carbons (Fsp3) is 0.0500. The van der Waals surface area contributed by atoms with Crippen LogP contribution >= 0.6 is 22.9 Å². The van der Waals surface area contributed by atoms with Crippen molar-refractivity contribution in [3.63, 3.8) is 0 Å². The Labute approximate surface area is 192 Å². The van der Waals surface area contributed by atoms with E-state index in [2.05, 4.69) is 20.1 Å². The van der Waals surface area contributed by atoms with Gasteiger partial charge in [-0.25, -0.2) is 18.1 Å². The van der Waals surface area contributed by atoms with Crippen LogP contribution in [-0.2, 0) is 16.8 Å². The summed E-state index contributed by atoms with van der Waals surface area (Å²) < 4.78 is 34.2. The highest BCUT2D eigenvalue weighted by Crippen LogP contribution is 2.23. The predicted octanol–water partition coefficient (Wildman–Crippen LogP) is 4.08. The quantitative estimate of drug-likeness (QED) is 0.385. The van der Waals surface area contributed by atoms with Crippen molar-refractivity contribution in [1.29, 1.82) is 0 Å². The van der Waals surface area contributed by atoms with E-state index in [1.165, 1.54) is 46.5 Å². The number of amides is 1. The second kappa shape index (κ2) is 9.39. The van der Waals surface area contributed by atoms with E-state index in [0.29, 0.717) is 16.5 Å². The molecule has 9 nitrogen and oxygen atoms in total. The van der Waals surface area contributed by atoms with Crippen molar-refractivity contribution in [3.8, 4) is 5.75 Å². The molecule has 32 heavy (non-hydrogen) atoms. The summed E-state index contributed by atoms with van der Waals surface area (Å²) in [6.45, 7) is 0.0790. The SMILES string of the molecule is O=C(Nc1ccc(S(=O)(=O)Nc2nccs2)cc1)c1ccn(COc2ccccc2Cl)n1. The van der Waals surface area contributed by atoms with Crippen LogP contribution in [0.2, 0.25) is 5.02 Å². The first kappa shape index (κ1) is 21.8. The Morgan fingerprint density at radius 2 is 1.91 bits per heavy atom. The number of ether oxygens (including phenoxy) is 1. The number of hydrogen-bond donors (Lipinski definition) is 2. The van der Waals surface area contributed by atoms with Crippen LogP contribution in [0.25, 0.3) is 0 Å². The highest BCUT2D eigenvalue weighted by molar-refractivity contribution is 7.93. The van der Waals surface area contributed by atoms with Gasteiger partial charge in [-0.05, 0) is 42.5 Å². The summed E-state index contributed by atoms with van der Waals surface area (Å²) in [6, 6.07) is 14.4. The lowest BCUT2D eigenvalue weighted by Gasteiger charge is -2.08. The normalized spacial score (nSPS) is 11.2. The zero-order chi connectivity index (χ0) is 22.6. The van der Waals surface area contributed by atoms with Gasteiger partial charge in [-0.3, -0.25) is 9.52 Å². The minimum atomic E-state index is -3.76. The molecule has 164 valence electrons. The van der Waals surface area contributed by atoms with Crippen molar-refractivity contribution >= 4 is 49.7 Å². The predicted molar refractivity (Wildman–Crippen MR) is 122 cm³/mol. The topological polar surface area (TPSA) is 115 Å². The van der Waals surface area contributed by atoms with Gasteiger partial charge in [-0.1, -0.05) is 23.7 Å². The Bertz CT molecular complexity index is 1320. The molecule has 0 fully saturated rings. The lowest BCUT2D eigenvalue weighted by atomic mass is 10.3. The summed E-state index contributed by atoms with van der Waals surface area (Å²) in [6.07, 6.45) is 3.11. The average molecular weight is 490 g/mol. The van der Waals surface area contributed by atoms with Crippen LogP contribution in [0.4, 0.5) is 10.8 Å². The molecule has 4 aromatic rings. The Morgan fingerprint density at radius 1 is 1.12 bits per heavy atom. The molecule has 2 aromatic carbocycles. The van der Waals surface area contributed by atoms with E-state index in [1.807, 2.05) is 0 Å². The molecule has 0 unspecified atom stereocenters. The molecule has 4 rings (SSSR count). The third-order valence-corrected chi connectivity index (χ3v) is 6.62. The fourth-order valence-corrected chi connectivity index (χ4v) is 4.59. The van der Waals surface area contributed by atoms with E-state index in [9.17, 15) is 13.2 Å². The Morgan fingerprint density at radius 3 is 2.62 bits per heavy atom. The number of aromatic nitrogens is 3. The number of benzene rings is 2. The zero-order valence-corrected chi connectivity index (χ0v) is 18.7. The van der Waals surface area contributed by atoms with Crippen LogP contribution in [0.3, 0.4) is 0 Å². The van der Waals surface area contributed by atoms with Crippen LogP contribution in [0.5, 0.6) is 5.75 Å². The van der Waals surface area contributed by atoms with Crippen molar-refractivity contribution in [2.24, 2.45) is 0 Å². The number of halogens is 1. The summed E-state index contributed by atoms with van der Waals surface area (Å²) in [5.74, 6) is 0.0630. The van der Waals surface area contributed by atoms with Crippen LogP contribution in [0, 0.1) is 0 Å². The molecule has 0 spiro atoms. The third-order valence-electron chi connectivity index (χ3n) is 4.14. The molecular formula is C20H16ClN5O4S2. The third kappa shape index (κ3) is 5.25. The van der Waals surface area contributed by atoms with Gasteiger partial charge in [0, 0.05) is 23.5 Å². The molecule has 0 aliphatic carbocycles. The summed E-state index contributed by atoms with van der Waals surface area (Å²) in [5.41, 5.74) is 0.597. The standard InChI is InChI=1S/C20H16ClN5O4S2/c21-16-3-1-2-4-18(16)30-13-26-11-9-17(24-26)19(27)23-14-5-7-15(8-6-14)32(28,29)25-20-22-10-12-31-20/h1-12H,13H2,(H,22,25)(H,23,27). The lowest BCUT2D eigenvalue weighted by molar-refractivity contribution is 0.102. The Balaban J connectivity index is 1.36. The fourth-order valence-electron chi connectivity index (χ4n) is 2.61. The van der Waals surface area contributed by atoms with Crippen LogP contribution in [0.1, 0.15) is 10.5 Å². The first-order valence-corrected chi connectivity index (χ1v) is 11.9. The van der Waals surface area contributed by atoms with Gasteiger partial charge in [-0.2, -0.15) is 5.10 Å². The van der Waals surface area contributed by atoms with E-state index in [1.54, 1.807) is 41.9 Å². The number of carbonyl (C=O) groups is 1. The van der Waals surface area contributed by atoms with Crippen LogP contribution in [0.15, 0.2) is 77.3 Å². The molecule has 0 aliphatic rings. The van der Waals surface area contributed by atoms with Gasteiger partial charge in [0.05, 0.1) is 9.92 Å². The molecule has 2 N–H and O–H groups in total. The maximum absolute atomic E-state index is 12.5. The molecular weight excluding hydrogens is 474 g/mol. The van der Waals surface area contributed by atoms with Gasteiger partial charge in [0.1, 0.15) is 5.75 Å². The summed E-state index contributed by atoms with van der Waals surface area (Å²) >= 11 is 7.22. The summed E-state index contributed by atoms with van der Waals surface area (Å²) in [7, 11) is -3.76. The Hall–Kier alpha value is -3.41. The van der Waals surface area contributed by atoms with Crippen molar-refractivity contribution in [2.75, 3.05) is 10.0 Å². The van der Waals surface area contributed by atoms with Crippen molar-refractivity contribution in [3.05, 3.63) is 83.1 Å². The van der Waals surface area contributed by atoms with E-state index in [4.69, 9.17) is 16.3 Å². The van der Waals surface area contributed by atoms with Crippen molar-refractivity contribution in [1.82, 2.24) is 14.8 Å². The van der Waals surface area contributed by atoms with Crippen molar-refractivity contribution < 1.29 is 17.9 Å². The minimum Gasteiger partial charge on any atom is -0.470 e. The number of nitrogens with zero attached hydrogens (tertiary/aromatic N) is 3. The minimum absolute atomic E-state index is 0.0479. The van der Waals surface area contributed by atoms with Gasteiger partial charge in [0.2, 0.25) is 0 Å². The maximum Gasteiger partial charge on any atom is 0.276 e. The molecule has 0 aliphatic heterocycles. The second-order valence-electron chi connectivity index (χ2n) is 6.37. The van der Waals surface area contributed by atoms with Crippen LogP contribution < -0.4 is 14.8 Å². The molecule has 0 atom stereocenters. The smallest absolute Gasteiger partial charge is 0.276 e. The second-order valence-corrected chi connectivity index (χ2v) is 9.35. The Kier molecular flexibility index (Phi) is 6.40. The highest BCUT2D eigenvalue weighted by atomic mass is 35.5. The average Bonchev–Trinajstić information content (AvgIpc) is 3.45. The number of para-hydroxylation sites is 1. The number of nitrogens with one attached hydrogen (secondary N) is 2. The number of carbonyl (C=O) groups excluding carboxylic acids is 1. The number of sulfonamides is 1. The monoisotopic (exact) mass is 489 g/mol. The summed E-state index contributed by atoms with van der Waals surface area (Å²) in [4.78, 5) is 16.4. The van der Waals surface area contributed by atoms with Gasteiger partial charge < -0.3 is 10.1 Å². The molecule has 12 heteroatoms. The highest BCUT2D eigenvalue weighted by Gasteiger charge is 2.16. The number of hydrogen-bond acceptors (Lipinski definition) is 7. The molecule has 0 radical (unpaired) electrons. The van der Waals surface area contributed by atoms with Gasteiger partial charge in [0.25, 0.3) is 15.9 Å². The number of thiazole rings is 1. The number of rotatable bonds is 8. The largest absolute Gasteiger partial charge is 0.470 e. The van der Waals surface area contributed by atoms with E-state index < -0.39 is 15.9 Å². The summed E-state index contributed by atoms with van der Waals surface area (Å²) in [5, 5.41) is 9.27. The number of anilines is 2. The molecule has 2 heterocycles. The lowest BCUT2D eigenvalue weighted by Crippen LogP contribution is -2.15. The van der Waals surface area contributed by atoms with E-state index in [-0.39, 0.29) is 22.5 Å². The molecule has 0 saturated heterocycles.